The minimum atomic E-state index is 0.190. The van der Waals surface area contributed by atoms with Crippen LogP contribution in [0.4, 0.5) is 0 Å². The monoisotopic (exact) mass is 340 g/mol. The van der Waals surface area contributed by atoms with E-state index < -0.39 is 0 Å². The number of nitrogens with zero attached hydrogens (tertiary/aromatic N) is 2. The second-order valence-corrected chi connectivity index (χ2v) is 7.25. The van der Waals surface area contributed by atoms with Gasteiger partial charge in [0.15, 0.2) is 0 Å². The molecule has 0 saturated heterocycles. The Hall–Kier alpha value is -0.800. The van der Waals surface area contributed by atoms with Crippen molar-refractivity contribution in [1.29, 1.82) is 0 Å². The lowest BCUT2D eigenvalue weighted by atomic mass is 9.92. The number of hydrogen-bond donors (Lipinski definition) is 0. The Morgan fingerprint density at radius 2 is 2.00 bits per heavy atom. The van der Waals surface area contributed by atoms with E-state index in [0.29, 0.717) is 0 Å². The van der Waals surface area contributed by atoms with Gasteiger partial charge in [-0.2, -0.15) is 0 Å². The maximum absolute atomic E-state index is 6.12. The van der Waals surface area contributed by atoms with Crippen LogP contribution in [0.1, 0.15) is 32.2 Å². The first-order valence-electron chi connectivity index (χ1n) is 6.26. The zero-order valence-corrected chi connectivity index (χ0v) is 14.0. The van der Waals surface area contributed by atoms with Gasteiger partial charge in [0.05, 0.1) is 11.9 Å². The molecule has 1 aromatic carbocycles. The Bertz CT molecular complexity index is 597. The smallest absolute Gasteiger partial charge is 0.114 e. The van der Waals surface area contributed by atoms with Crippen molar-refractivity contribution in [3.8, 4) is 5.69 Å². The van der Waals surface area contributed by atoms with Crippen molar-refractivity contribution >= 4 is 27.5 Å². The van der Waals surface area contributed by atoms with Gasteiger partial charge in [0, 0.05) is 11.4 Å². The largest absolute Gasteiger partial charge is 0.290 e. The van der Waals surface area contributed by atoms with Crippen LogP contribution >= 0.6 is 27.5 Å². The molecule has 0 bridgehead atoms. The van der Waals surface area contributed by atoms with Crippen LogP contribution in [0.15, 0.2) is 29.0 Å². The molecule has 2 rings (SSSR count). The Labute approximate surface area is 127 Å². The summed E-state index contributed by atoms with van der Waals surface area (Å²) in [6.45, 7) is 8.72. The summed E-state index contributed by atoms with van der Waals surface area (Å²) >= 11 is 9.70. The number of imidazole rings is 1. The Morgan fingerprint density at radius 3 is 2.63 bits per heavy atom. The van der Waals surface area contributed by atoms with Crippen LogP contribution in [0.2, 0.25) is 5.02 Å². The summed E-state index contributed by atoms with van der Waals surface area (Å²) in [5, 5.41) is 0.739. The van der Waals surface area contributed by atoms with E-state index in [1.807, 2.05) is 24.4 Å². The minimum Gasteiger partial charge on any atom is -0.290 e. The summed E-state index contributed by atoms with van der Waals surface area (Å²) < 4.78 is 3.09. The molecular weight excluding hydrogens is 324 g/mol. The number of aryl methyl sites for hydroxylation is 1. The zero-order chi connectivity index (χ0) is 14.2. The summed E-state index contributed by atoms with van der Waals surface area (Å²) in [5.41, 5.74) is 2.45. The first-order chi connectivity index (χ1) is 8.78. The lowest BCUT2D eigenvalue weighted by Gasteiger charge is -2.20. The highest BCUT2D eigenvalue weighted by molar-refractivity contribution is 9.10. The molecule has 0 aliphatic carbocycles. The summed E-state index contributed by atoms with van der Waals surface area (Å²) in [5.74, 6) is 1.05. The van der Waals surface area contributed by atoms with Crippen molar-refractivity contribution in [2.45, 2.75) is 34.1 Å². The van der Waals surface area contributed by atoms with E-state index in [0.717, 1.165) is 27.6 Å². The van der Waals surface area contributed by atoms with Crippen molar-refractivity contribution < 1.29 is 0 Å². The fraction of sp³-hybridized carbons (Fsp3) is 0.400. The van der Waals surface area contributed by atoms with Crippen LogP contribution in [-0.4, -0.2) is 9.55 Å². The van der Waals surface area contributed by atoms with Gasteiger partial charge in [0.1, 0.15) is 10.4 Å². The SMILES string of the molecule is Cc1ccc(Cl)cc1-n1c(Br)cnc1CC(C)(C)C. The van der Waals surface area contributed by atoms with Gasteiger partial charge in [0.2, 0.25) is 0 Å². The normalized spacial score (nSPS) is 11.9. The minimum absolute atomic E-state index is 0.190. The number of rotatable bonds is 2. The number of aromatic nitrogens is 2. The molecule has 0 saturated carbocycles. The molecule has 0 aliphatic heterocycles. The molecule has 0 radical (unpaired) electrons. The Balaban J connectivity index is 2.55. The lowest BCUT2D eigenvalue weighted by molar-refractivity contribution is 0.398. The molecule has 0 amide bonds. The molecule has 0 atom stereocenters. The molecule has 0 spiro atoms. The summed E-state index contributed by atoms with van der Waals surface area (Å²) in [4.78, 5) is 4.52. The molecule has 4 heteroatoms. The molecule has 0 aliphatic rings. The van der Waals surface area contributed by atoms with E-state index in [9.17, 15) is 0 Å². The maximum atomic E-state index is 6.12. The second-order valence-electron chi connectivity index (χ2n) is 6.00. The molecule has 2 aromatic rings. The van der Waals surface area contributed by atoms with Crippen molar-refractivity contribution in [3.05, 3.63) is 45.4 Å². The third-order valence-electron chi connectivity index (χ3n) is 2.89. The summed E-state index contributed by atoms with van der Waals surface area (Å²) in [7, 11) is 0. The highest BCUT2D eigenvalue weighted by Gasteiger charge is 2.18. The van der Waals surface area contributed by atoms with Crippen molar-refractivity contribution in [2.75, 3.05) is 0 Å². The highest BCUT2D eigenvalue weighted by Crippen LogP contribution is 2.28. The van der Waals surface area contributed by atoms with Crippen LogP contribution in [0.3, 0.4) is 0 Å². The van der Waals surface area contributed by atoms with Crippen molar-refractivity contribution in [1.82, 2.24) is 9.55 Å². The van der Waals surface area contributed by atoms with Crippen LogP contribution in [-0.2, 0) is 6.42 Å². The predicted molar refractivity (Wildman–Crippen MR) is 84.2 cm³/mol. The van der Waals surface area contributed by atoms with Gasteiger partial charge in [-0.3, -0.25) is 4.57 Å². The molecule has 102 valence electrons. The summed E-state index contributed by atoms with van der Waals surface area (Å²) in [6, 6.07) is 5.93. The van der Waals surface area contributed by atoms with E-state index in [1.54, 1.807) is 0 Å². The third-order valence-corrected chi connectivity index (χ3v) is 3.69. The van der Waals surface area contributed by atoms with Gasteiger partial charge in [-0.05, 0) is 46.0 Å². The number of hydrogen-bond acceptors (Lipinski definition) is 1. The van der Waals surface area contributed by atoms with E-state index in [2.05, 4.69) is 53.2 Å². The molecule has 1 heterocycles. The molecule has 0 fully saturated rings. The predicted octanol–water partition coefficient (Wildman–Crippen LogP) is 5.19. The lowest BCUT2D eigenvalue weighted by Crippen LogP contribution is -2.14. The van der Waals surface area contributed by atoms with Crippen molar-refractivity contribution in [2.24, 2.45) is 5.41 Å². The standard InChI is InChI=1S/C15H18BrClN2/c1-10-5-6-11(17)7-12(10)19-13(16)9-18-14(19)8-15(2,3)4/h5-7,9H,8H2,1-4H3. The van der Waals surface area contributed by atoms with Crippen LogP contribution in [0, 0.1) is 12.3 Å². The highest BCUT2D eigenvalue weighted by atomic mass is 79.9. The first kappa shape index (κ1) is 14.6. The Morgan fingerprint density at radius 1 is 1.32 bits per heavy atom. The van der Waals surface area contributed by atoms with Crippen LogP contribution in [0.5, 0.6) is 0 Å². The number of halogens is 2. The summed E-state index contributed by atoms with van der Waals surface area (Å²) in [6.07, 6.45) is 2.76. The quantitative estimate of drug-likeness (QED) is 0.735. The molecule has 0 N–H and O–H groups in total. The van der Waals surface area contributed by atoms with Gasteiger partial charge in [-0.1, -0.05) is 38.4 Å². The van der Waals surface area contributed by atoms with E-state index >= 15 is 0 Å². The number of benzene rings is 1. The van der Waals surface area contributed by atoms with E-state index in [-0.39, 0.29) is 5.41 Å². The third kappa shape index (κ3) is 3.40. The molecular formula is C15H18BrClN2. The average molecular weight is 342 g/mol. The Kier molecular flexibility index (Phi) is 4.07. The first-order valence-corrected chi connectivity index (χ1v) is 7.44. The van der Waals surface area contributed by atoms with Crippen LogP contribution < -0.4 is 0 Å². The topological polar surface area (TPSA) is 17.8 Å². The second kappa shape index (κ2) is 5.29. The van der Waals surface area contributed by atoms with Crippen molar-refractivity contribution in [3.63, 3.8) is 0 Å². The average Bonchev–Trinajstić information content (AvgIpc) is 2.61. The molecule has 1 aromatic heterocycles. The van der Waals surface area contributed by atoms with Gasteiger partial charge in [0.25, 0.3) is 0 Å². The van der Waals surface area contributed by atoms with Gasteiger partial charge < -0.3 is 0 Å². The fourth-order valence-corrected chi connectivity index (χ4v) is 2.71. The van der Waals surface area contributed by atoms with Crippen LogP contribution in [0.25, 0.3) is 5.69 Å². The molecule has 0 unspecified atom stereocenters. The molecule has 2 nitrogen and oxygen atoms in total. The fourth-order valence-electron chi connectivity index (χ4n) is 2.04. The zero-order valence-electron chi connectivity index (χ0n) is 11.7. The van der Waals surface area contributed by atoms with Gasteiger partial charge in [-0.25, -0.2) is 4.98 Å². The van der Waals surface area contributed by atoms with Gasteiger partial charge in [-0.15, -0.1) is 0 Å². The van der Waals surface area contributed by atoms with E-state index in [1.165, 1.54) is 5.56 Å². The van der Waals surface area contributed by atoms with E-state index in [4.69, 9.17) is 11.6 Å². The van der Waals surface area contributed by atoms with Gasteiger partial charge >= 0.3 is 0 Å². The maximum Gasteiger partial charge on any atom is 0.114 e. The molecule has 19 heavy (non-hydrogen) atoms.